The van der Waals surface area contributed by atoms with Crippen LogP contribution in [0.5, 0.6) is 5.75 Å². The molecule has 0 spiro atoms. The lowest BCUT2D eigenvalue weighted by Gasteiger charge is -2.50. The molecule has 0 bridgehead atoms. The van der Waals surface area contributed by atoms with E-state index in [0.717, 1.165) is 41.4 Å². The summed E-state index contributed by atoms with van der Waals surface area (Å²) in [7, 11) is -5.02. The van der Waals surface area contributed by atoms with Crippen LogP contribution in [0, 0.1) is 0 Å². The highest BCUT2D eigenvalue weighted by Crippen LogP contribution is 2.36. The van der Waals surface area contributed by atoms with E-state index < -0.39 is 57.2 Å². The van der Waals surface area contributed by atoms with Crippen molar-refractivity contribution in [1.29, 1.82) is 0 Å². The van der Waals surface area contributed by atoms with Crippen LogP contribution in [0.2, 0.25) is 0 Å². The topological polar surface area (TPSA) is 256 Å². The molecule has 1 fully saturated rings. The summed E-state index contributed by atoms with van der Waals surface area (Å²) in [5, 5.41) is 25.0. The van der Waals surface area contributed by atoms with Gasteiger partial charge in [-0.3, -0.25) is 19.1 Å². The van der Waals surface area contributed by atoms with Gasteiger partial charge in [0.05, 0.1) is 18.1 Å². The Kier molecular flexibility index (Phi) is 9.55. The molecule has 20 heteroatoms. The number of hydrogen-bond donors (Lipinski definition) is 6. The number of hydrogen-bond acceptors (Lipinski definition) is 15. The van der Waals surface area contributed by atoms with Gasteiger partial charge in [0.2, 0.25) is 0 Å². The second kappa shape index (κ2) is 13.2. The van der Waals surface area contributed by atoms with E-state index in [1.165, 1.54) is 26.2 Å². The summed E-state index contributed by atoms with van der Waals surface area (Å²) in [5.41, 5.74) is 3.56. The number of aliphatic carboxylic acids is 1. The number of carboxylic acid groups (broad SMARTS) is 1. The van der Waals surface area contributed by atoms with Gasteiger partial charge in [-0.25, -0.2) is 9.78 Å². The molecule has 18 nitrogen and oxygen atoms in total. The van der Waals surface area contributed by atoms with Gasteiger partial charge in [-0.05, 0) is 63.3 Å². The standard InChI is InChI=1S/C28H36N8O10S2/c1-5-10-30-26-31-12-16(33-26)14-6-8-18-15(11-14)7-9-19(44-18)28(4,24(39)40)45-35-20(17-13-47-25(29)32-17)22(37)34-21-23(38)36(27(21,2)3)46-48(41,42)43/h6,8,11,13,16,19,21H,5,7,9-10,12H2,1-4H3,(H2,29,32)(H,34,37)(H,39,40)(H2,30,31,33)(H,41,42,43)/b35-20-/t16?,19-,21-,28+/m1/s1. The van der Waals surface area contributed by atoms with E-state index in [9.17, 15) is 27.9 Å². The Hall–Kier alpha value is -4.53. The fourth-order valence-electron chi connectivity index (χ4n) is 5.39. The van der Waals surface area contributed by atoms with Gasteiger partial charge < -0.3 is 36.4 Å². The maximum atomic E-state index is 13.4. The van der Waals surface area contributed by atoms with Crippen molar-refractivity contribution in [1.82, 2.24) is 26.0 Å². The number of guanidine groups is 1. The quantitative estimate of drug-likeness (QED) is 0.0761. The van der Waals surface area contributed by atoms with E-state index >= 15 is 0 Å². The first-order valence-corrected chi connectivity index (χ1v) is 17.1. The number of nitrogens with zero attached hydrogens (tertiary/aromatic N) is 4. The number of aromatic nitrogens is 1. The molecular weight excluding hydrogens is 672 g/mol. The van der Waals surface area contributed by atoms with Crippen molar-refractivity contribution in [2.45, 2.75) is 76.3 Å². The largest absolute Gasteiger partial charge is 0.485 e. The number of fused-ring (bicyclic) bond motifs is 1. The molecule has 7 N–H and O–H groups in total. The number of carbonyl (C=O) groups is 3. The van der Waals surface area contributed by atoms with Crippen LogP contribution >= 0.6 is 11.3 Å². The molecule has 4 atom stereocenters. The molecule has 2 aromatic rings. The van der Waals surface area contributed by atoms with Gasteiger partial charge in [0, 0.05) is 11.9 Å². The first kappa shape index (κ1) is 34.8. The molecule has 1 aromatic heterocycles. The minimum Gasteiger partial charge on any atom is -0.485 e. The number of amides is 2. The van der Waals surface area contributed by atoms with Crippen molar-refractivity contribution in [3.63, 3.8) is 0 Å². The second-order valence-corrected chi connectivity index (χ2v) is 13.9. The fourth-order valence-corrected chi connectivity index (χ4v) is 6.39. The van der Waals surface area contributed by atoms with E-state index in [-0.39, 0.29) is 23.3 Å². The molecular formula is C28H36N8O10S2. The number of oxime groups is 1. The average Bonchev–Trinajstić information content (AvgIpc) is 3.69. The number of benzene rings is 1. The molecule has 0 radical (unpaired) electrons. The molecule has 3 aliphatic rings. The van der Waals surface area contributed by atoms with Gasteiger partial charge in [-0.1, -0.05) is 18.1 Å². The van der Waals surface area contributed by atoms with Crippen LogP contribution < -0.4 is 26.4 Å². The van der Waals surface area contributed by atoms with Gasteiger partial charge in [0.1, 0.15) is 17.5 Å². The summed E-state index contributed by atoms with van der Waals surface area (Å²) in [5.74, 6) is -2.18. The molecule has 260 valence electrons. The minimum atomic E-state index is -5.02. The van der Waals surface area contributed by atoms with Crippen molar-refractivity contribution in [2.24, 2.45) is 10.1 Å². The monoisotopic (exact) mass is 708 g/mol. The molecule has 1 saturated heterocycles. The SMILES string of the molecule is CCCNC1=NCC(c2ccc3c(c2)CC[C@H]([C@](C)(O/N=C(\C(=O)N[C@@H]2C(=O)N(OS(=O)(=O)O)C2(C)C)c2csc(N)n2)C(=O)O)O3)N1. The van der Waals surface area contributed by atoms with Gasteiger partial charge >= 0.3 is 16.4 Å². The summed E-state index contributed by atoms with van der Waals surface area (Å²) in [6.45, 7) is 7.47. The third-order valence-corrected chi connectivity index (χ3v) is 9.20. The van der Waals surface area contributed by atoms with Crippen molar-refractivity contribution in [3.8, 4) is 5.75 Å². The number of anilines is 1. The lowest BCUT2D eigenvalue weighted by molar-refractivity contribution is -0.218. The van der Waals surface area contributed by atoms with E-state index in [2.05, 4.69) is 42.3 Å². The van der Waals surface area contributed by atoms with E-state index in [0.29, 0.717) is 23.8 Å². The van der Waals surface area contributed by atoms with Gasteiger partial charge in [-0.15, -0.1) is 15.6 Å². The van der Waals surface area contributed by atoms with Crippen LogP contribution in [0.25, 0.3) is 0 Å². The first-order valence-electron chi connectivity index (χ1n) is 14.9. The molecule has 0 saturated carbocycles. The number of nitrogens with two attached hydrogens (primary N) is 1. The molecule has 0 aliphatic carbocycles. The van der Waals surface area contributed by atoms with Crippen molar-refractivity contribution >= 4 is 56.3 Å². The normalized spacial score (nSPS) is 23.1. The van der Waals surface area contributed by atoms with E-state index in [4.69, 9.17) is 19.9 Å². The Morgan fingerprint density at radius 2 is 2.10 bits per heavy atom. The molecule has 2 amide bonds. The maximum absolute atomic E-state index is 13.4. The Balaban J connectivity index is 1.33. The zero-order valence-electron chi connectivity index (χ0n) is 26.4. The summed E-state index contributed by atoms with van der Waals surface area (Å²) in [6.07, 6.45) is 0.650. The number of thiazole rings is 1. The summed E-state index contributed by atoms with van der Waals surface area (Å²) in [6, 6.07) is 4.31. The second-order valence-electron chi connectivity index (χ2n) is 12.0. The first-order chi connectivity index (χ1) is 22.5. The van der Waals surface area contributed by atoms with Crippen LogP contribution in [0.1, 0.15) is 63.4 Å². The lowest BCUT2D eigenvalue weighted by Crippen LogP contribution is -2.76. The Morgan fingerprint density at radius 3 is 2.73 bits per heavy atom. The number of ether oxygens (including phenoxy) is 1. The number of nitrogen functional groups attached to an aromatic ring is 1. The van der Waals surface area contributed by atoms with Gasteiger partial charge in [-0.2, -0.15) is 13.5 Å². The smallest absolute Gasteiger partial charge is 0.418 e. The number of carbonyl (C=O) groups excluding carboxylic acids is 2. The highest BCUT2D eigenvalue weighted by atomic mass is 32.3. The lowest BCUT2D eigenvalue weighted by atomic mass is 9.84. The minimum absolute atomic E-state index is 0.0159. The zero-order chi connectivity index (χ0) is 35.0. The number of aryl methyl sites for hydroxylation is 1. The van der Waals surface area contributed by atoms with Crippen molar-refractivity contribution in [3.05, 3.63) is 40.4 Å². The maximum Gasteiger partial charge on any atom is 0.418 e. The molecule has 1 aromatic carbocycles. The Bertz CT molecular complexity index is 1780. The zero-order valence-corrected chi connectivity index (χ0v) is 28.1. The van der Waals surface area contributed by atoms with Crippen LogP contribution in [-0.4, -0.2) is 94.0 Å². The third-order valence-electron chi connectivity index (χ3n) is 8.18. The molecule has 3 aliphatic heterocycles. The number of hydroxylamine groups is 2. The molecule has 48 heavy (non-hydrogen) atoms. The predicted molar refractivity (Wildman–Crippen MR) is 171 cm³/mol. The highest BCUT2D eigenvalue weighted by molar-refractivity contribution is 7.80. The van der Waals surface area contributed by atoms with E-state index in [1.54, 1.807) is 6.07 Å². The van der Waals surface area contributed by atoms with Crippen LogP contribution in [0.4, 0.5) is 5.13 Å². The molecule has 5 rings (SSSR count). The highest BCUT2D eigenvalue weighted by Gasteiger charge is 2.58. The van der Waals surface area contributed by atoms with Crippen LogP contribution in [0.3, 0.4) is 0 Å². The van der Waals surface area contributed by atoms with Gasteiger partial charge in [0.25, 0.3) is 17.4 Å². The van der Waals surface area contributed by atoms with Crippen LogP contribution in [-0.2, 0) is 40.3 Å². The Labute approximate surface area is 279 Å². The molecule has 1 unspecified atom stereocenters. The number of rotatable bonds is 12. The van der Waals surface area contributed by atoms with Gasteiger partial charge in [0.15, 0.2) is 22.9 Å². The Morgan fingerprint density at radius 1 is 1.35 bits per heavy atom. The van der Waals surface area contributed by atoms with E-state index in [1.807, 2.05) is 12.1 Å². The average molecular weight is 709 g/mol. The number of β-lactam (4-membered cyclic amide) rings is 1. The number of aliphatic imine (C=N–C) groups is 1. The fraction of sp³-hybridized carbons (Fsp3) is 0.500. The predicted octanol–water partition coefficient (Wildman–Crippen LogP) is 0.523. The summed E-state index contributed by atoms with van der Waals surface area (Å²) < 4.78 is 41.8. The van der Waals surface area contributed by atoms with Crippen molar-refractivity contribution < 1.29 is 46.3 Å². The van der Waals surface area contributed by atoms with Crippen molar-refractivity contribution in [2.75, 3.05) is 18.8 Å². The number of carboxylic acids is 1. The van der Waals surface area contributed by atoms with Crippen LogP contribution in [0.15, 0.2) is 33.7 Å². The molecule has 4 heterocycles. The summed E-state index contributed by atoms with van der Waals surface area (Å²) >= 11 is 0.974. The third kappa shape index (κ3) is 7.00. The number of nitrogens with one attached hydrogen (secondary N) is 3. The summed E-state index contributed by atoms with van der Waals surface area (Å²) in [4.78, 5) is 52.8.